The zero-order valence-electron chi connectivity index (χ0n) is 26.4. The third-order valence-corrected chi connectivity index (χ3v) is 9.88. The summed E-state index contributed by atoms with van der Waals surface area (Å²) in [5.74, 6) is -0.765. The molecule has 2 aliphatic carbocycles. The number of likely N-dealkylation sites (tertiary alicyclic amines) is 1. The normalized spacial score (nSPS) is 25.1. The van der Waals surface area contributed by atoms with Crippen LogP contribution < -0.4 is 10.9 Å². The third kappa shape index (κ3) is 5.44. The molecule has 2 aromatic heterocycles. The van der Waals surface area contributed by atoms with E-state index in [2.05, 4.69) is 15.4 Å². The van der Waals surface area contributed by atoms with Gasteiger partial charge < -0.3 is 24.3 Å². The summed E-state index contributed by atoms with van der Waals surface area (Å²) < 4.78 is 69.7. The summed E-state index contributed by atoms with van der Waals surface area (Å²) in [7, 11) is 0. The van der Waals surface area contributed by atoms with Gasteiger partial charge in [0.25, 0.3) is 5.56 Å². The number of fused-ring (bicyclic) bond motifs is 6. The number of nitrogens with zero attached hydrogens (tertiary/aromatic N) is 5. The average Bonchev–Trinajstić information content (AvgIpc) is 3.58. The quantitative estimate of drug-likeness (QED) is 0.367. The highest BCUT2D eigenvalue weighted by Gasteiger charge is 2.68. The third-order valence-electron chi connectivity index (χ3n) is 9.56. The molecule has 7 rings (SSSR count). The molecule has 3 aromatic rings. The van der Waals surface area contributed by atoms with Crippen LogP contribution in [0.15, 0.2) is 29.1 Å². The number of benzene rings is 1. The molecule has 11 nitrogen and oxygen atoms in total. The number of rotatable bonds is 4. The highest BCUT2D eigenvalue weighted by Crippen LogP contribution is 2.68. The van der Waals surface area contributed by atoms with Crippen molar-refractivity contribution in [1.29, 1.82) is 0 Å². The van der Waals surface area contributed by atoms with Crippen LogP contribution in [0, 0.1) is 5.92 Å². The number of nitrogens with one attached hydrogen (secondary N) is 1. The molecule has 48 heavy (non-hydrogen) atoms. The van der Waals surface area contributed by atoms with Gasteiger partial charge in [0.2, 0.25) is 11.7 Å². The first-order valence-electron chi connectivity index (χ1n) is 15.7. The molecule has 256 valence electrons. The van der Waals surface area contributed by atoms with Crippen molar-refractivity contribution in [3.63, 3.8) is 0 Å². The molecule has 2 amide bonds. The molecule has 0 radical (unpaired) electrons. The van der Waals surface area contributed by atoms with Gasteiger partial charge >= 0.3 is 12.3 Å². The second kappa shape index (κ2) is 11.3. The molecule has 2 aliphatic heterocycles. The van der Waals surface area contributed by atoms with Crippen LogP contribution >= 0.6 is 11.6 Å². The van der Waals surface area contributed by atoms with Crippen molar-refractivity contribution in [2.45, 2.75) is 75.9 Å². The topological polar surface area (TPSA) is 120 Å². The monoisotopic (exact) mass is 692 g/mol. The molecule has 1 saturated carbocycles. The fourth-order valence-corrected chi connectivity index (χ4v) is 7.64. The van der Waals surface area contributed by atoms with Crippen molar-refractivity contribution in [1.82, 2.24) is 24.1 Å². The summed E-state index contributed by atoms with van der Waals surface area (Å²) in [4.78, 5) is 46.7. The lowest BCUT2D eigenvalue weighted by molar-refractivity contribution is -0.137. The van der Waals surface area contributed by atoms with Crippen LogP contribution in [-0.2, 0) is 32.4 Å². The van der Waals surface area contributed by atoms with E-state index in [0.29, 0.717) is 31.7 Å². The van der Waals surface area contributed by atoms with Crippen LogP contribution in [0.3, 0.4) is 0 Å². The fraction of sp³-hybridized carbons (Fsp3) is 0.531. The number of ether oxygens (including phenoxy) is 2. The number of hydrogen-bond donors (Lipinski definition) is 1. The minimum absolute atomic E-state index is 0.0306. The van der Waals surface area contributed by atoms with Crippen molar-refractivity contribution in [2.24, 2.45) is 5.92 Å². The van der Waals surface area contributed by atoms with Gasteiger partial charge in [-0.3, -0.25) is 9.59 Å². The van der Waals surface area contributed by atoms with E-state index in [9.17, 15) is 27.6 Å². The predicted octanol–water partition coefficient (Wildman–Crippen LogP) is 5.34. The number of anilines is 1. The molecular weight excluding hydrogens is 660 g/mol. The highest BCUT2D eigenvalue weighted by atomic mass is 35.5. The van der Waals surface area contributed by atoms with Gasteiger partial charge in [0, 0.05) is 29.1 Å². The molecule has 2 fully saturated rings. The van der Waals surface area contributed by atoms with Gasteiger partial charge in [-0.25, -0.2) is 9.18 Å². The number of carbonyl (C=O) groups excluding carboxylic acids is 2. The van der Waals surface area contributed by atoms with Crippen molar-refractivity contribution in [3.05, 3.63) is 62.3 Å². The van der Waals surface area contributed by atoms with Crippen molar-refractivity contribution >= 4 is 40.6 Å². The Hall–Kier alpha value is -3.98. The second-order valence-electron chi connectivity index (χ2n) is 13.7. The van der Waals surface area contributed by atoms with Crippen LogP contribution in [0.2, 0.25) is 5.02 Å². The van der Waals surface area contributed by atoms with Gasteiger partial charge in [-0.2, -0.15) is 22.7 Å². The first kappa shape index (κ1) is 32.6. The Morgan fingerprint density at radius 2 is 2.00 bits per heavy atom. The Balaban J connectivity index is 1.29. The molecule has 1 spiro atoms. The number of piperidine rings is 1. The Morgan fingerprint density at radius 1 is 1.23 bits per heavy atom. The number of hydrogen-bond acceptors (Lipinski definition) is 7. The summed E-state index contributed by atoms with van der Waals surface area (Å²) in [5.41, 5.74) is -2.06. The molecule has 0 bridgehead atoms. The highest BCUT2D eigenvalue weighted by molar-refractivity contribution is 6.33. The minimum Gasteiger partial charge on any atom is -0.444 e. The Morgan fingerprint density at radius 3 is 2.65 bits per heavy atom. The number of halogens is 5. The summed E-state index contributed by atoms with van der Waals surface area (Å²) in [5, 5.41) is 6.79. The van der Waals surface area contributed by atoms with E-state index < -0.39 is 53.0 Å². The lowest BCUT2D eigenvalue weighted by Gasteiger charge is -2.43. The van der Waals surface area contributed by atoms with E-state index in [-0.39, 0.29) is 59.2 Å². The Bertz CT molecular complexity index is 1930. The van der Waals surface area contributed by atoms with Gasteiger partial charge in [-0.05, 0) is 69.7 Å². The number of carbonyl (C=O) groups is 2. The summed E-state index contributed by atoms with van der Waals surface area (Å²) in [6.45, 7) is 5.45. The maximum absolute atomic E-state index is 16.6. The molecule has 1 N–H and O–H groups in total. The Labute approximate surface area is 276 Å². The van der Waals surface area contributed by atoms with Gasteiger partial charge in [-0.15, -0.1) is 5.10 Å². The predicted molar refractivity (Wildman–Crippen MR) is 166 cm³/mol. The van der Waals surface area contributed by atoms with Gasteiger partial charge in [0.1, 0.15) is 18.3 Å². The minimum atomic E-state index is -4.62. The molecule has 4 aliphatic rings. The van der Waals surface area contributed by atoms with Crippen LogP contribution in [0.5, 0.6) is 0 Å². The first-order valence-corrected chi connectivity index (χ1v) is 16.1. The Kier molecular flexibility index (Phi) is 7.66. The summed E-state index contributed by atoms with van der Waals surface area (Å²) >= 11 is 6.11. The van der Waals surface area contributed by atoms with E-state index in [4.69, 9.17) is 21.1 Å². The van der Waals surface area contributed by atoms with Gasteiger partial charge in [-0.1, -0.05) is 17.7 Å². The van der Waals surface area contributed by atoms with Crippen LogP contribution in [0.1, 0.15) is 68.6 Å². The maximum atomic E-state index is 16.6. The summed E-state index contributed by atoms with van der Waals surface area (Å²) in [6.07, 6.45) is -3.81. The SMILES string of the molecule is CC(C)(C)OC(=O)N1CC[C@]2(c3c(n(CC(=O)Nc4ccc(C(F)(F)F)cc4Cl)c4nc(C5=CCOCC5)nn4c3=O)C3CC32)[C@@H](F)C1. The smallest absolute Gasteiger partial charge is 0.416 e. The van der Waals surface area contributed by atoms with Crippen molar-refractivity contribution in [3.8, 4) is 0 Å². The first-order chi connectivity index (χ1) is 22.6. The molecule has 4 atom stereocenters. The zero-order chi connectivity index (χ0) is 34.3. The lowest BCUT2D eigenvalue weighted by Crippen LogP contribution is -2.56. The molecule has 1 aromatic carbocycles. The summed E-state index contributed by atoms with van der Waals surface area (Å²) in [6, 6.07) is 2.61. The molecule has 4 heterocycles. The van der Waals surface area contributed by atoms with Crippen LogP contribution in [0.4, 0.5) is 28.0 Å². The average molecular weight is 693 g/mol. The van der Waals surface area contributed by atoms with Crippen molar-refractivity contribution in [2.75, 3.05) is 31.6 Å². The molecule has 16 heteroatoms. The van der Waals surface area contributed by atoms with Crippen molar-refractivity contribution < 1.29 is 36.6 Å². The number of amides is 2. The molecule has 2 unspecified atom stereocenters. The van der Waals surface area contributed by atoms with Crippen LogP contribution in [-0.4, -0.2) is 74.1 Å². The van der Waals surface area contributed by atoms with E-state index in [1.807, 2.05) is 6.08 Å². The molecular formula is C32H33ClF4N6O5. The number of alkyl halides is 4. The van der Waals surface area contributed by atoms with E-state index >= 15 is 4.39 Å². The fourth-order valence-electron chi connectivity index (χ4n) is 7.41. The van der Waals surface area contributed by atoms with E-state index in [0.717, 1.165) is 28.3 Å². The number of aromatic nitrogens is 4. The largest absolute Gasteiger partial charge is 0.444 e. The van der Waals surface area contributed by atoms with Gasteiger partial charge in [0.15, 0.2) is 5.82 Å². The standard InChI is InChI=1S/C32H33ClF4N6O5/c1-30(2,3)48-29(46)41-9-8-31(22(34)14-41)19-13-18(19)25-24(31)27(45)43-28(39-26(40-43)16-6-10-47-11-7-16)42(25)15-23(44)38-21-5-4-17(12-20(21)33)32(35,36)37/h4-6,12,18-19,22H,7-11,13-15H2,1-3H3,(H,38,44)/t18?,19?,22-,31+/m0/s1. The lowest BCUT2D eigenvalue weighted by atomic mass is 9.70. The van der Waals surface area contributed by atoms with Gasteiger partial charge in [0.05, 0.1) is 36.0 Å². The van der Waals surface area contributed by atoms with Crippen LogP contribution in [0.25, 0.3) is 11.4 Å². The molecule has 1 saturated heterocycles. The second-order valence-corrected chi connectivity index (χ2v) is 14.1. The van der Waals surface area contributed by atoms with E-state index in [1.165, 1.54) is 4.90 Å². The van der Waals surface area contributed by atoms with E-state index in [1.54, 1.807) is 25.3 Å². The maximum Gasteiger partial charge on any atom is 0.416 e. The zero-order valence-corrected chi connectivity index (χ0v) is 27.1.